The van der Waals surface area contributed by atoms with Crippen LogP contribution in [0, 0.1) is 16.7 Å². The van der Waals surface area contributed by atoms with Crippen LogP contribution in [0.2, 0.25) is 0 Å². The maximum Gasteiger partial charge on any atom is 0.300 e. The number of nitrogens with one attached hydrogen (secondary N) is 1. The van der Waals surface area contributed by atoms with Gasteiger partial charge in [0.1, 0.15) is 24.7 Å². The molecule has 0 fully saturated rings. The van der Waals surface area contributed by atoms with Crippen molar-refractivity contribution >= 4 is 12.3 Å². The lowest BCUT2D eigenvalue weighted by atomic mass is 10.1. The van der Waals surface area contributed by atoms with Crippen LogP contribution in [-0.2, 0) is 53.8 Å². The summed E-state index contributed by atoms with van der Waals surface area (Å²) in [5, 5.41) is 53.1. The zero-order valence-corrected chi connectivity index (χ0v) is 26.5. The Balaban J connectivity index is 0.000000290. The molecule has 0 atom stereocenters. The van der Waals surface area contributed by atoms with Crippen LogP contribution in [-0.4, -0.2) is 81.1 Å². The largest absolute Gasteiger partial charge is 0.481 e. The van der Waals surface area contributed by atoms with E-state index < -0.39 is 19.3 Å². The third kappa shape index (κ3) is 16.3. The van der Waals surface area contributed by atoms with E-state index in [9.17, 15) is 8.78 Å². The Morgan fingerprint density at radius 3 is 1.71 bits per heavy atom. The molecule has 0 aliphatic rings. The molecule has 0 aliphatic heterocycles. The summed E-state index contributed by atoms with van der Waals surface area (Å²) in [4.78, 5) is 11.6. The quantitative estimate of drug-likeness (QED) is 0.120. The molecular weight excluding hydrogens is 644 g/mol. The van der Waals surface area contributed by atoms with Gasteiger partial charge in [-0.2, -0.15) is 35.2 Å². The molecule has 4 N–H and O–H groups in total. The number of carbonyl (C=O) groups is 1. The number of aromatic nitrogens is 10. The van der Waals surface area contributed by atoms with E-state index in [1.165, 1.54) is 15.9 Å². The van der Waals surface area contributed by atoms with E-state index in [1.807, 2.05) is 36.4 Å². The van der Waals surface area contributed by atoms with E-state index in [2.05, 4.69) is 52.6 Å². The molecule has 5 aromatic rings. The van der Waals surface area contributed by atoms with Gasteiger partial charge in [0.05, 0.1) is 69.9 Å². The van der Waals surface area contributed by atoms with Gasteiger partial charge in [-0.05, 0) is 23.3 Å². The number of aryl methyl sites for hydroxylation is 2. The van der Waals surface area contributed by atoms with E-state index in [0.29, 0.717) is 49.2 Å². The van der Waals surface area contributed by atoms with Gasteiger partial charge >= 0.3 is 0 Å². The highest BCUT2D eigenvalue weighted by Crippen LogP contribution is 2.14. The number of hydrogen-bond donors (Lipinski definition) is 3. The number of carboxylic acids is 1. The molecule has 17 nitrogen and oxygen atoms in total. The second kappa shape index (κ2) is 23.2. The Morgan fingerprint density at radius 2 is 1.31 bits per heavy atom. The average Bonchev–Trinajstić information content (AvgIpc) is 3.76. The number of alkyl halides is 2. The summed E-state index contributed by atoms with van der Waals surface area (Å²) in [6, 6.07) is 16.9. The molecule has 0 unspecified atom stereocenters. The number of benzene rings is 2. The molecular formula is C30H35F2N13O4. The van der Waals surface area contributed by atoms with Crippen LogP contribution in [0.3, 0.4) is 0 Å². The van der Waals surface area contributed by atoms with Crippen molar-refractivity contribution in [3.8, 4) is 17.5 Å². The van der Waals surface area contributed by atoms with Crippen LogP contribution < -0.4 is 5.73 Å². The van der Waals surface area contributed by atoms with Crippen LogP contribution in [0.5, 0.6) is 0 Å². The number of nitriles is 1. The zero-order chi connectivity index (χ0) is 35.7. The fourth-order valence-corrected chi connectivity index (χ4v) is 3.46. The van der Waals surface area contributed by atoms with E-state index in [1.54, 1.807) is 24.5 Å². The Morgan fingerprint density at radius 1 is 0.878 bits per heavy atom. The van der Waals surface area contributed by atoms with E-state index in [4.69, 9.17) is 30.0 Å². The fourth-order valence-electron chi connectivity index (χ4n) is 3.46. The van der Waals surface area contributed by atoms with Gasteiger partial charge < -0.3 is 20.3 Å². The van der Waals surface area contributed by atoms with Crippen LogP contribution in [0.1, 0.15) is 35.0 Å². The highest BCUT2D eigenvalue weighted by Gasteiger charge is 2.04. The molecule has 258 valence electrons. The number of nitrogens with zero attached hydrogens (tertiary/aromatic N) is 11. The summed E-state index contributed by atoms with van der Waals surface area (Å²) in [6.07, 6.45) is 5.18. The van der Waals surface area contributed by atoms with Crippen molar-refractivity contribution in [3.63, 3.8) is 0 Å². The summed E-state index contributed by atoms with van der Waals surface area (Å²) >= 11 is 0. The molecule has 0 saturated heterocycles. The minimum Gasteiger partial charge on any atom is -0.481 e. The predicted octanol–water partition coefficient (Wildman–Crippen LogP) is 2.69. The topological polar surface area (TPSA) is 242 Å². The smallest absolute Gasteiger partial charge is 0.300 e. The first-order chi connectivity index (χ1) is 23.8. The lowest BCUT2D eigenvalue weighted by Crippen LogP contribution is -2.04. The molecule has 0 spiro atoms. The van der Waals surface area contributed by atoms with E-state index in [-0.39, 0.29) is 13.1 Å². The Hall–Kier alpha value is -6.13. The number of carboxylic acid groups (broad SMARTS) is 1. The van der Waals surface area contributed by atoms with Crippen molar-refractivity contribution in [2.24, 2.45) is 5.73 Å². The minimum absolute atomic E-state index is 0.159. The van der Waals surface area contributed by atoms with Crippen LogP contribution in [0.15, 0.2) is 67.3 Å². The number of rotatable bonds is 13. The minimum atomic E-state index is -0.833. The van der Waals surface area contributed by atoms with Gasteiger partial charge in [0.15, 0.2) is 6.33 Å². The summed E-state index contributed by atoms with van der Waals surface area (Å²) < 4.78 is 35.3. The van der Waals surface area contributed by atoms with E-state index >= 15 is 0 Å². The third-order valence-corrected chi connectivity index (χ3v) is 5.48. The molecule has 0 aliphatic carbocycles. The molecule has 49 heavy (non-hydrogen) atoms. The first kappa shape index (κ1) is 39.1. The number of ether oxygens (including phenoxy) is 2. The number of hydrogen-bond acceptors (Lipinski definition) is 13. The standard InChI is InChI=1S/C14H14FN7O.C13H13FN4O.C2H4O2.CH4N2/c15-5-6-22-18-7-13(21-22)9-23-8-11-1-3-12(4-2-11)14-19-16-10-17-20-14;14-5-6-18-16-8-13(17-18)10-19-9-12-3-1-11(7-15)2-4-12;1-2(3)4;2-1-3/h1-4,7,10H,5-6,8-9H2;1-4,8H,5-6,9-10H2;1H3,(H,3,4);1H,(H3,2,3). The molecule has 0 saturated carbocycles. The summed E-state index contributed by atoms with van der Waals surface area (Å²) in [6.45, 7) is 1.94. The molecule has 3 heterocycles. The summed E-state index contributed by atoms with van der Waals surface area (Å²) in [5.74, 6) is -0.357. The average molecular weight is 680 g/mol. The SMILES string of the molecule is CC(=O)O.FCCn1ncc(COCc2ccc(-c3nncnn3)cc2)n1.N#Cc1ccc(COCc2cnn(CCF)n2)cc1.N=CN. The molecule has 2 aromatic carbocycles. The molecule has 5 rings (SSSR count). The van der Waals surface area contributed by atoms with Gasteiger partial charge in [-0.15, -0.1) is 20.4 Å². The highest BCUT2D eigenvalue weighted by atomic mass is 19.1. The van der Waals surface area contributed by atoms with Crippen molar-refractivity contribution in [3.05, 3.63) is 95.3 Å². The fraction of sp³-hybridized carbons (Fsp3) is 0.300. The predicted molar refractivity (Wildman–Crippen MR) is 169 cm³/mol. The maximum atomic E-state index is 12.2. The third-order valence-electron chi connectivity index (χ3n) is 5.48. The second-order valence-electron chi connectivity index (χ2n) is 9.29. The van der Waals surface area contributed by atoms with Crippen molar-refractivity contribution < 1.29 is 28.2 Å². The lowest BCUT2D eigenvalue weighted by Gasteiger charge is -2.03. The van der Waals surface area contributed by atoms with Crippen molar-refractivity contribution in [2.75, 3.05) is 13.3 Å². The van der Waals surface area contributed by atoms with Gasteiger partial charge in [0.25, 0.3) is 5.97 Å². The number of halogens is 2. The normalized spacial score (nSPS) is 9.84. The van der Waals surface area contributed by atoms with Gasteiger partial charge in [0, 0.05) is 12.5 Å². The number of nitrogens with two attached hydrogens (primary N) is 1. The Labute approximate surface area is 279 Å². The van der Waals surface area contributed by atoms with Crippen molar-refractivity contribution in [2.45, 2.75) is 46.4 Å². The first-order valence-electron chi connectivity index (χ1n) is 14.4. The monoisotopic (exact) mass is 679 g/mol. The van der Waals surface area contributed by atoms with Crippen molar-refractivity contribution in [1.82, 2.24) is 50.4 Å². The Bertz CT molecular complexity index is 1680. The lowest BCUT2D eigenvalue weighted by molar-refractivity contribution is -0.134. The number of aliphatic carboxylic acids is 1. The van der Waals surface area contributed by atoms with Gasteiger partial charge in [-0.25, -0.2) is 8.78 Å². The van der Waals surface area contributed by atoms with Gasteiger partial charge in [0.2, 0.25) is 5.82 Å². The second-order valence-corrected chi connectivity index (χ2v) is 9.29. The molecule has 0 bridgehead atoms. The molecule has 0 amide bonds. The zero-order valence-electron chi connectivity index (χ0n) is 26.5. The van der Waals surface area contributed by atoms with E-state index in [0.717, 1.165) is 30.0 Å². The van der Waals surface area contributed by atoms with Crippen molar-refractivity contribution in [1.29, 1.82) is 10.7 Å². The summed E-state index contributed by atoms with van der Waals surface area (Å²) in [7, 11) is 0. The molecule has 0 radical (unpaired) electrons. The Kier molecular flexibility index (Phi) is 18.5. The molecule has 3 aromatic heterocycles. The van der Waals surface area contributed by atoms with Gasteiger partial charge in [-0.1, -0.05) is 36.4 Å². The highest BCUT2D eigenvalue weighted by molar-refractivity contribution is 5.63. The van der Waals surface area contributed by atoms with Crippen LogP contribution in [0.25, 0.3) is 11.4 Å². The molecule has 19 heteroatoms. The summed E-state index contributed by atoms with van der Waals surface area (Å²) in [5.41, 5.74) is 9.17. The van der Waals surface area contributed by atoms with Gasteiger partial charge in [-0.3, -0.25) is 10.2 Å². The van der Waals surface area contributed by atoms with Crippen LogP contribution in [0.4, 0.5) is 8.78 Å². The first-order valence-corrected chi connectivity index (χ1v) is 14.4. The maximum absolute atomic E-state index is 12.2. The van der Waals surface area contributed by atoms with Crippen LogP contribution >= 0.6 is 0 Å².